The number of carbonyl (C=O) groups is 1. The van der Waals surface area contributed by atoms with Gasteiger partial charge in [-0.15, -0.1) is 0 Å². The van der Waals surface area contributed by atoms with Gasteiger partial charge in [0.2, 0.25) is 11.8 Å². The Morgan fingerprint density at radius 2 is 1.81 bits per heavy atom. The molecule has 0 unspecified atom stereocenters. The molecule has 4 aromatic rings. The summed E-state index contributed by atoms with van der Waals surface area (Å²) in [7, 11) is 3.17. The van der Waals surface area contributed by atoms with Gasteiger partial charge in [0, 0.05) is 47.7 Å². The van der Waals surface area contributed by atoms with Gasteiger partial charge in [0.1, 0.15) is 6.54 Å². The Labute approximate surface area is 193 Å². The molecule has 0 spiro atoms. The van der Waals surface area contributed by atoms with Gasteiger partial charge in [0.25, 0.3) is 0 Å². The van der Waals surface area contributed by atoms with Crippen molar-refractivity contribution in [1.29, 1.82) is 0 Å². The third-order valence-corrected chi connectivity index (χ3v) is 5.41. The second kappa shape index (κ2) is 9.02. The van der Waals surface area contributed by atoms with Gasteiger partial charge in [-0.05, 0) is 35.4 Å². The van der Waals surface area contributed by atoms with Crippen LogP contribution in [0.4, 0.5) is 0 Å². The molecule has 0 saturated heterocycles. The average molecular weight is 472 g/mol. The van der Waals surface area contributed by atoms with Crippen molar-refractivity contribution in [3.8, 4) is 17.0 Å². The van der Waals surface area contributed by atoms with Crippen LogP contribution in [0, 0.1) is 0 Å². The van der Waals surface area contributed by atoms with Crippen molar-refractivity contribution < 1.29 is 9.53 Å². The lowest BCUT2D eigenvalue weighted by molar-refractivity contribution is -0.121. The molecule has 0 radical (unpaired) electrons. The number of ether oxygens (including phenoxy) is 1. The average Bonchev–Trinajstić information content (AvgIpc) is 3.01. The minimum atomic E-state index is -0.338. The Hall–Kier alpha value is -3.36. The molecule has 0 aliphatic heterocycles. The number of pyridine rings is 2. The molecule has 0 bridgehead atoms. The molecule has 164 valence electrons. The molecule has 1 amide bonds. The minimum absolute atomic E-state index is 0.158. The predicted molar refractivity (Wildman–Crippen MR) is 123 cm³/mol. The number of amides is 1. The maximum atomic E-state index is 12.8. The van der Waals surface area contributed by atoms with E-state index in [-0.39, 0.29) is 24.7 Å². The van der Waals surface area contributed by atoms with Crippen LogP contribution in [-0.4, -0.2) is 32.1 Å². The molecule has 0 atom stereocenters. The van der Waals surface area contributed by atoms with Crippen LogP contribution >= 0.6 is 23.2 Å². The molecule has 0 aliphatic rings. The molecule has 1 aromatic carbocycles. The smallest absolute Gasteiger partial charge is 0.330 e. The molecular formula is C22H19Cl2N5O3. The van der Waals surface area contributed by atoms with Crippen molar-refractivity contribution >= 4 is 40.3 Å². The first-order chi connectivity index (χ1) is 15.4. The predicted octanol–water partition coefficient (Wildman–Crippen LogP) is 3.43. The second-order valence-corrected chi connectivity index (χ2v) is 8.01. The molecule has 0 aliphatic carbocycles. The normalized spacial score (nSPS) is 11.0. The zero-order valence-corrected chi connectivity index (χ0v) is 18.8. The summed E-state index contributed by atoms with van der Waals surface area (Å²) in [5.41, 5.74) is 3.02. The van der Waals surface area contributed by atoms with Crippen LogP contribution in [0.1, 0.15) is 5.56 Å². The van der Waals surface area contributed by atoms with Gasteiger partial charge in [-0.2, -0.15) is 0 Å². The Balaban J connectivity index is 1.56. The Morgan fingerprint density at radius 1 is 1.06 bits per heavy atom. The Kier molecular flexibility index (Phi) is 6.16. The number of aromatic nitrogens is 4. The van der Waals surface area contributed by atoms with Gasteiger partial charge in [0.05, 0.1) is 12.6 Å². The van der Waals surface area contributed by atoms with Gasteiger partial charge >= 0.3 is 5.69 Å². The van der Waals surface area contributed by atoms with E-state index in [1.54, 1.807) is 49.8 Å². The zero-order valence-electron chi connectivity index (χ0n) is 17.3. The Bertz CT molecular complexity index is 1340. The van der Waals surface area contributed by atoms with Crippen LogP contribution in [0.2, 0.25) is 10.0 Å². The molecule has 0 saturated carbocycles. The first-order valence-corrected chi connectivity index (χ1v) is 10.4. The number of rotatable bonds is 6. The number of nitrogens with one attached hydrogen (secondary N) is 1. The van der Waals surface area contributed by atoms with Crippen LogP contribution < -0.4 is 15.7 Å². The van der Waals surface area contributed by atoms with Gasteiger partial charge in [-0.25, -0.2) is 14.8 Å². The number of hydrogen-bond donors (Lipinski definition) is 1. The van der Waals surface area contributed by atoms with Gasteiger partial charge in [-0.1, -0.05) is 29.3 Å². The largest absolute Gasteiger partial charge is 0.481 e. The maximum absolute atomic E-state index is 12.8. The summed E-state index contributed by atoms with van der Waals surface area (Å²) in [6.45, 7) is 0.123. The second-order valence-electron chi connectivity index (χ2n) is 7.14. The number of hydrogen-bond acceptors (Lipinski definition) is 5. The Morgan fingerprint density at radius 3 is 2.47 bits per heavy atom. The van der Waals surface area contributed by atoms with E-state index in [9.17, 15) is 9.59 Å². The highest BCUT2D eigenvalue weighted by Gasteiger charge is 2.16. The fourth-order valence-corrected chi connectivity index (χ4v) is 3.86. The summed E-state index contributed by atoms with van der Waals surface area (Å²) < 4.78 is 7.82. The number of nitrogens with zero attached hydrogens (tertiary/aromatic N) is 4. The lowest BCUT2D eigenvalue weighted by Gasteiger charge is -2.07. The molecular weight excluding hydrogens is 453 g/mol. The minimum Gasteiger partial charge on any atom is -0.481 e. The molecule has 4 rings (SSSR count). The summed E-state index contributed by atoms with van der Waals surface area (Å²) in [6, 6.07) is 10.5. The van der Waals surface area contributed by atoms with E-state index in [1.165, 1.54) is 16.2 Å². The number of halogens is 2. The van der Waals surface area contributed by atoms with Crippen molar-refractivity contribution in [2.75, 3.05) is 7.11 Å². The molecule has 3 aromatic heterocycles. The number of imidazole rings is 1. The van der Waals surface area contributed by atoms with E-state index in [4.69, 9.17) is 27.9 Å². The lowest BCUT2D eigenvalue weighted by Crippen LogP contribution is -2.32. The van der Waals surface area contributed by atoms with E-state index in [0.29, 0.717) is 27.1 Å². The fourth-order valence-electron chi connectivity index (χ4n) is 3.33. The standard InChI is InChI=1S/C22H19Cl2N5O3/c1-28-18-7-15(14-5-16(23)8-17(24)6-14)11-27-21(18)29(22(28)31)12-19(30)25-9-13-3-4-20(32-2)26-10-13/h3-8,10-11H,9,12H2,1-2H3,(H,25,30). The molecule has 8 nitrogen and oxygen atoms in total. The first-order valence-electron chi connectivity index (χ1n) is 9.63. The van der Waals surface area contributed by atoms with Crippen LogP contribution in [0.3, 0.4) is 0 Å². The van der Waals surface area contributed by atoms with E-state index in [1.807, 2.05) is 6.07 Å². The monoisotopic (exact) mass is 471 g/mol. The number of aryl methyl sites for hydroxylation is 1. The van der Waals surface area contributed by atoms with Gasteiger partial charge < -0.3 is 10.1 Å². The highest BCUT2D eigenvalue weighted by Crippen LogP contribution is 2.28. The summed E-state index contributed by atoms with van der Waals surface area (Å²) in [5, 5.41) is 3.80. The number of methoxy groups -OCH3 is 1. The van der Waals surface area contributed by atoms with E-state index in [0.717, 1.165) is 16.7 Å². The van der Waals surface area contributed by atoms with E-state index >= 15 is 0 Å². The highest BCUT2D eigenvalue weighted by atomic mass is 35.5. The van der Waals surface area contributed by atoms with Crippen molar-refractivity contribution in [1.82, 2.24) is 24.4 Å². The first kappa shape index (κ1) is 21.9. The third-order valence-electron chi connectivity index (χ3n) is 4.98. The van der Waals surface area contributed by atoms with Crippen molar-refractivity contribution in [3.63, 3.8) is 0 Å². The molecule has 32 heavy (non-hydrogen) atoms. The zero-order chi connectivity index (χ0) is 22.8. The van der Waals surface area contributed by atoms with Crippen LogP contribution in [0.5, 0.6) is 5.88 Å². The van der Waals surface area contributed by atoms with Crippen LogP contribution in [0.25, 0.3) is 22.3 Å². The number of benzene rings is 1. The lowest BCUT2D eigenvalue weighted by atomic mass is 10.1. The van der Waals surface area contributed by atoms with E-state index < -0.39 is 0 Å². The topological polar surface area (TPSA) is 91.0 Å². The summed E-state index contributed by atoms with van der Waals surface area (Å²) >= 11 is 12.2. The summed E-state index contributed by atoms with van der Waals surface area (Å²) in [5.74, 6) is 0.177. The number of carbonyl (C=O) groups excluding carboxylic acids is 1. The SMILES string of the molecule is COc1ccc(CNC(=O)Cn2c(=O)n(C)c3cc(-c4cc(Cl)cc(Cl)c4)cnc32)cn1. The summed E-state index contributed by atoms with van der Waals surface area (Å²) in [6.07, 6.45) is 3.25. The fraction of sp³-hybridized carbons (Fsp3) is 0.182. The highest BCUT2D eigenvalue weighted by molar-refractivity contribution is 6.35. The molecule has 10 heteroatoms. The van der Waals surface area contributed by atoms with Gasteiger partial charge in [-0.3, -0.25) is 13.9 Å². The van der Waals surface area contributed by atoms with Crippen molar-refractivity contribution in [2.24, 2.45) is 7.05 Å². The molecule has 3 heterocycles. The maximum Gasteiger partial charge on any atom is 0.330 e. The third kappa shape index (κ3) is 4.46. The van der Waals surface area contributed by atoms with Crippen LogP contribution in [0.15, 0.2) is 53.6 Å². The van der Waals surface area contributed by atoms with Crippen molar-refractivity contribution in [2.45, 2.75) is 13.1 Å². The quantitative estimate of drug-likeness (QED) is 0.465. The molecule has 1 N–H and O–H groups in total. The summed E-state index contributed by atoms with van der Waals surface area (Å²) in [4.78, 5) is 33.8. The van der Waals surface area contributed by atoms with E-state index in [2.05, 4.69) is 15.3 Å². The van der Waals surface area contributed by atoms with Gasteiger partial charge in [0.15, 0.2) is 5.65 Å². The van der Waals surface area contributed by atoms with Crippen LogP contribution in [-0.2, 0) is 24.9 Å². The molecule has 0 fully saturated rings. The van der Waals surface area contributed by atoms with Crippen molar-refractivity contribution in [3.05, 3.63) is 74.9 Å². The number of fused-ring (bicyclic) bond motifs is 1.